The number of para-hydroxylation sites is 3. The Morgan fingerprint density at radius 2 is 0.752 bits per heavy atom. The van der Waals surface area contributed by atoms with Crippen molar-refractivity contribution in [3.8, 4) is 40.4 Å². The topological polar surface area (TPSA) is 223 Å². The number of pyridine rings is 3. The third-order valence-electron chi connectivity index (χ3n) is 18.5. The maximum Gasteiger partial charge on any atom is 0.534 e. The van der Waals surface area contributed by atoms with Crippen LogP contribution in [-0.4, -0.2) is 71.5 Å². The molecule has 15 rings (SSSR count). The first-order valence-electron chi connectivity index (χ1n) is 33.7. The summed E-state index contributed by atoms with van der Waals surface area (Å²) in [4.78, 5) is 25.4. The molecule has 0 bridgehead atoms. The Kier molecular flexibility index (Phi) is 22.5. The van der Waals surface area contributed by atoms with Gasteiger partial charge in [-0.05, 0) is 143 Å². The van der Waals surface area contributed by atoms with Crippen molar-refractivity contribution in [3.05, 3.63) is 225 Å². The number of hydrogen-bond donors (Lipinski definition) is 2. The molecule has 0 radical (unpaired) electrons. The van der Waals surface area contributed by atoms with E-state index in [0.29, 0.717) is 105 Å². The standard InChI is InChI=1S/C28H24F3NO6S.C27H26N2O3.C27H25NO4.CH4.ClH/c1-4-7-22-19-15-26(36-3)25(35-2)14-18(19)21(27(32-22)38-39(33,34)28(29,30)31)13-16-10-11-24-20(12-16)17-8-5-6-9-23(17)37-24;1-4-7-22-19-15-26(31-3)25(30-2)14-18(19)21(27(28)29-22)13-16-10-11-24-20(12-16)17-8-5-6-9-23(17)32-24;1-4-7-22-19-15-26(31-3)25(30-2)14-18(19)21(27(29)28-22)13-16-10-11-24-20(12-16)17-8-5-6-9-23(17)32-24;;/h5-6,8-12,14-15H,4,7,13H2,1-3H3;5-6,8-12,14-15H,4,7,13H2,1-3H3,(H2,28,29);5-6,8-12,14-15H,4,7,13H2,1-3H3,(H,28,29);1H4;1H. The van der Waals surface area contributed by atoms with Crippen molar-refractivity contribution in [1.29, 1.82) is 0 Å². The van der Waals surface area contributed by atoms with Crippen LogP contribution in [0.15, 0.2) is 182 Å². The number of alkyl halides is 3. The van der Waals surface area contributed by atoms with Crippen LogP contribution < -0.4 is 43.9 Å². The molecule has 0 unspecified atom stereocenters. The lowest BCUT2D eigenvalue weighted by molar-refractivity contribution is -0.0501. The number of aromatic nitrogens is 3. The minimum atomic E-state index is -5.98. The van der Waals surface area contributed by atoms with E-state index in [2.05, 4.69) is 58.3 Å². The smallest absolute Gasteiger partial charge is 0.493 e. The first-order chi connectivity index (χ1) is 49.8. The molecule has 0 amide bonds. The molecule has 0 saturated carbocycles. The number of furan rings is 3. The Balaban J connectivity index is 0.000000157. The molecule has 105 heavy (non-hydrogen) atoms. The van der Waals surface area contributed by atoms with Crippen molar-refractivity contribution < 1.29 is 67.4 Å². The van der Waals surface area contributed by atoms with Crippen molar-refractivity contribution in [3.63, 3.8) is 0 Å². The zero-order valence-corrected chi connectivity index (χ0v) is 60.3. The molecule has 17 nitrogen and oxygen atoms in total. The number of hydrogen-bond acceptors (Lipinski definition) is 16. The predicted molar refractivity (Wildman–Crippen MR) is 413 cm³/mol. The van der Waals surface area contributed by atoms with Crippen molar-refractivity contribution in [2.75, 3.05) is 48.4 Å². The fourth-order valence-electron chi connectivity index (χ4n) is 13.6. The number of anilines is 1. The summed E-state index contributed by atoms with van der Waals surface area (Å²) in [7, 11) is 3.46. The highest BCUT2D eigenvalue weighted by Crippen LogP contribution is 2.43. The van der Waals surface area contributed by atoms with Gasteiger partial charge in [0, 0.05) is 90.1 Å². The molecular weight excluding hydrogens is 1390 g/mol. The number of rotatable bonds is 20. The minimum absolute atomic E-state index is 0. The van der Waals surface area contributed by atoms with E-state index in [1.807, 2.05) is 116 Å². The molecule has 544 valence electrons. The third-order valence-corrected chi connectivity index (χ3v) is 19.4. The fourth-order valence-corrected chi connectivity index (χ4v) is 14.0. The van der Waals surface area contributed by atoms with Gasteiger partial charge in [0.15, 0.2) is 34.5 Å². The number of fused-ring (bicyclic) bond motifs is 12. The molecule has 3 N–H and O–H groups in total. The lowest BCUT2D eigenvalue weighted by atomic mass is 9.96. The van der Waals surface area contributed by atoms with Gasteiger partial charge in [0.05, 0.1) is 54.0 Å². The number of benzene rings is 9. The van der Waals surface area contributed by atoms with E-state index < -0.39 is 21.5 Å². The monoisotopic (exact) mass is 1460 g/mol. The fraction of sp³-hybridized carbons (Fsp3) is 0.241. The molecular formula is C83H80ClF3N4O13S. The number of nitrogen functional groups attached to an aromatic ring is 1. The molecule has 0 aliphatic heterocycles. The minimum Gasteiger partial charge on any atom is -0.493 e. The summed E-state index contributed by atoms with van der Waals surface area (Å²) < 4.78 is 120. The van der Waals surface area contributed by atoms with E-state index in [9.17, 15) is 26.4 Å². The Bertz CT molecular complexity index is 5930. The van der Waals surface area contributed by atoms with Crippen LogP contribution in [0.4, 0.5) is 19.0 Å². The highest BCUT2D eigenvalue weighted by molar-refractivity contribution is 7.88. The zero-order valence-electron chi connectivity index (χ0n) is 58.7. The quantitative estimate of drug-likeness (QED) is 0.0535. The summed E-state index contributed by atoms with van der Waals surface area (Å²) in [6.07, 6.45) is 5.70. The van der Waals surface area contributed by atoms with E-state index in [0.717, 1.165) is 130 Å². The first-order valence-corrected chi connectivity index (χ1v) is 35.1. The van der Waals surface area contributed by atoms with Crippen LogP contribution in [0.5, 0.6) is 40.4 Å². The molecule has 15 aromatic rings. The lowest BCUT2D eigenvalue weighted by Crippen LogP contribution is -2.29. The zero-order chi connectivity index (χ0) is 72.4. The number of nitrogens with zero attached hydrogens (tertiary/aromatic N) is 2. The number of aromatic amines is 1. The van der Waals surface area contributed by atoms with Crippen LogP contribution in [0.25, 0.3) is 98.1 Å². The number of ether oxygens (including phenoxy) is 6. The maximum absolute atomic E-state index is 13.4. The summed E-state index contributed by atoms with van der Waals surface area (Å²) >= 11 is 0. The molecule has 6 heterocycles. The first kappa shape index (κ1) is 75.0. The van der Waals surface area contributed by atoms with Gasteiger partial charge in [-0.3, -0.25) is 4.79 Å². The van der Waals surface area contributed by atoms with E-state index in [4.69, 9.17) is 52.4 Å². The average Bonchev–Trinajstić information content (AvgIpc) is 1.71. The Morgan fingerprint density at radius 3 is 1.14 bits per heavy atom. The number of nitrogens with one attached hydrogen (secondary N) is 1. The van der Waals surface area contributed by atoms with Crippen LogP contribution in [0, 0.1) is 0 Å². The van der Waals surface area contributed by atoms with Crippen molar-refractivity contribution in [2.45, 2.75) is 91.5 Å². The third kappa shape index (κ3) is 14.8. The van der Waals surface area contributed by atoms with Crippen LogP contribution in [0.2, 0.25) is 0 Å². The number of methoxy groups -OCH3 is 6. The number of nitrogens with two attached hydrogens (primary N) is 1. The summed E-state index contributed by atoms with van der Waals surface area (Å²) in [5.74, 6) is 3.30. The van der Waals surface area contributed by atoms with Gasteiger partial charge in [-0.1, -0.05) is 120 Å². The van der Waals surface area contributed by atoms with Gasteiger partial charge in [-0.2, -0.15) is 21.6 Å². The van der Waals surface area contributed by atoms with E-state index >= 15 is 0 Å². The van der Waals surface area contributed by atoms with E-state index in [1.54, 1.807) is 52.7 Å². The van der Waals surface area contributed by atoms with Crippen LogP contribution in [0.1, 0.15) is 97.9 Å². The van der Waals surface area contributed by atoms with Crippen LogP contribution in [-0.2, 0) is 48.6 Å². The summed E-state index contributed by atoms with van der Waals surface area (Å²) in [5.41, 5.74) is 12.7. The molecule has 0 saturated heterocycles. The Hall–Kier alpha value is -11.2. The maximum atomic E-state index is 13.4. The van der Waals surface area contributed by atoms with Crippen molar-refractivity contribution in [2.24, 2.45) is 0 Å². The molecule has 0 aliphatic rings. The van der Waals surface area contributed by atoms with Gasteiger partial charge in [0.2, 0.25) is 5.88 Å². The molecule has 0 spiro atoms. The molecule has 0 fully saturated rings. The van der Waals surface area contributed by atoms with Crippen LogP contribution >= 0.6 is 12.4 Å². The summed E-state index contributed by atoms with van der Waals surface area (Å²) in [5, 5.41) is 11.1. The second-order valence-corrected chi connectivity index (χ2v) is 26.5. The molecule has 22 heteroatoms. The second kappa shape index (κ2) is 31.4. The van der Waals surface area contributed by atoms with Gasteiger partial charge in [-0.15, -0.1) is 12.4 Å². The molecule has 6 aromatic heterocycles. The predicted octanol–water partition coefficient (Wildman–Crippen LogP) is 20.2. The van der Waals surface area contributed by atoms with Gasteiger partial charge in [0.25, 0.3) is 5.56 Å². The second-order valence-electron chi connectivity index (χ2n) is 25.0. The number of aryl methyl sites for hydroxylation is 3. The lowest BCUT2D eigenvalue weighted by Gasteiger charge is -2.18. The van der Waals surface area contributed by atoms with Gasteiger partial charge >= 0.3 is 15.6 Å². The number of H-pyrrole nitrogens is 1. The van der Waals surface area contributed by atoms with E-state index in [1.165, 1.54) is 14.2 Å². The molecule has 9 aromatic carbocycles. The van der Waals surface area contributed by atoms with Gasteiger partial charge in [0.1, 0.15) is 39.3 Å². The SMILES string of the molecule is C.CCCc1[nH]c(=O)c(Cc2ccc3oc4ccccc4c3c2)c2cc(OC)c(OC)cc12.CCCc1nc(N)c(Cc2ccc3oc4ccccc4c3c2)c2cc(OC)c(OC)cc12.CCCc1nc(OS(=O)(=O)C(F)(F)F)c(Cc2ccc3oc4ccccc4c3c2)c2cc(OC)c(OC)cc12.Cl. The molecule has 0 atom stereocenters. The summed E-state index contributed by atoms with van der Waals surface area (Å²) in [6, 6.07) is 52.6. The van der Waals surface area contributed by atoms with Gasteiger partial charge < -0.3 is 56.6 Å². The van der Waals surface area contributed by atoms with Crippen LogP contribution in [0.3, 0.4) is 0 Å². The highest BCUT2D eigenvalue weighted by atomic mass is 35.5. The Morgan fingerprint density at radius 1 is 0.419 bits per heavy atom. The normalized spacial score (nSPS) is 11.6. The van der Waals surface area contributed by atoms with E-state index in [-0.39, 0.29) is 37.4 Å². The summed E-state index contributed by atoms with van der Waals surface area (Å²) in [6.45, 7) is 6.12. The highest BCUT2D eigenvalue weighted by Gasteiger charge is 2.49. The van der Waals surface area contributed by atoms with Crippen molar-refractivity contribution >= 4 is 126 Å². The number of halogens is 4. The largest absolute Gasteiger partial charge is 0.534 e. The van der Waals surface area contributed by atoms with Crippen molar-refractivity contribution in [1.82, 2.24) is 15.0 Å². The molecule has 0 aliphatic carbocycles. The Labute approximate surface area is 610 Å². The average molecular weight is 1470 g/mol. The van der Waals surface area contributed by atoms with Gasteiger partial charge in [-0.25, -0.2) is 9.97 Å².